The Hall–Kier alpha value is -2.95. The second-order valence-corrected chi connectivity index (χ2v) is 6.40. The molecular formula is C20H20N2O3. The van der Waals surface area contributed by atoms with E-state index in [2.05, 4.69) is 17.4 Å². The summed E-state index contributed by atoms with van der Waals surface area (Å²) < 4.78 is 0. The van der Waals surface area contributed by atoms with Crippen LogP contribution in [0.15, 0.2) is 60.7 Å². The lowest BCUT2D eigenvalue weighted by atomic mass is 9.64. The summed E-state index contributed by atoms with van der Waals surface area (Å²) in [6, 6.07) is 16.4. The minimum absolute atomic E-state index is 0.0383. The number of carbonyl (C=O) groups is 1. The maximum atomic E-state index is 12.1. The highest BCUT2D eigenvalue weighted by molar-refractivity contribution is 5.91. The molecule has 0 spiro atoms. The number of hydrogen-bond acceptors (Lipinski definition) is 3. The van der Waals surface area contributed by atoms with Gasteiger partial charge in [-0.2, -0.15) is 0 Å². The van der Waals surface area contributed by atoms with Crippen molar-refractivity contribution in [2.45, 2.75) is 24.7 Å². The van der Waals surface area contributed by atoms with E-state index < -0.39 is 4.92 Å². The molecule has 2 aromatic rings. The Kier molecular flexibility index (Phi) is 4.93. The van der Waals surface area contributed by atoms with E-state index in [9.17, 15) is 14.9 Å². The number of nitrogens with one attached hydrogen (secondary N) is 1. The van der Waals surface area contributed by atoms with Gasteiger partial charge in [0.05, 0.1) is 4.92 Å². The van der Waals surface area contributed by atoms with E-state index >= 15 is 0 Å². The van der Waals surface area contributed by atoms with Crippen LogP contribution in [0.25, 0.3) is 6.08 Å². The van der Waals surface area contributed by atoms with Crippen molar-refractivity contribution in [2.75, 3.05) is 6.54 Å². The van der Waals surface area contributed by atoms with Gasteiger partial charge in [-0.25, -0.2) is 0 Å². The van der Waals surface area contributed by atoms with Crippen LogP contribution in [0.4, 0.5) is 5.69 Å². The first-order valence-electron chi connectivity index (χ1n) is 8.35. The van der Waals surface area contributed by atoms with E-state index in [1.807, 2.05) is 18.2 Å². The second kappa shape index (κ2) is 7.30. The molecule has 0 bridgehead atoms. The van der Waals surface area contributed by atoms with Crippen LogP contribution < -0.4 is 5.32 Å². The molecular weight excluding hydrogens is 316 g/mol. The highest BCUT2D eigenvalue weighted by Gasteiger charge is 2.38. The number of nitro groups is 1. The SMILES string of the molecule is O=C(/C=C/c1ccc([N+](=O)[O-])cc1)NCC1(c2ccccc2)CCC1. The average Bonchev–Trinajstić information content (AvgIpc) is 2.60. The van der Waals surface area contributed by atoms with Crippen molar-refractivity contribution in [3.63, 3.8) is 0 Å². The topological polar surface area (TPSA) is 72.2 Å². The van der Waals surface area contributed by atoms with E-state index in [1.165, 1.54) is 30.2 Å². The Morgan fingerprint density at radius 3 is 2.36 bits per heavy atom. The summed E-state index contributed by atoms with van der Waals surface area (Å²) >= 11 is 0. The summed E-state index contributed by atoms with van der Waals surface area (Å²) in [4.78, 5) is 22.3. The van der Waals surface area contributed by atoms with Gasteiger partial charge in [-0.05, 0) is 42.2 Å². The third-order valence-corrected chi connectivity index (χ3v) is 4.83. The van der Waals surface area contributed by atoms with Crippen molar-refractivity contribution in [1.82, 2.24) is 5.32 Å². The third kappa shape index (κ3) is 3.94. The summed E-state index contributed by atoms with van der Waals surface area (Å²) in [7, 11) is 0. The van der Waals surface area contributed by atoms with Gasteiger partial charge in [-0.1, -0.05) is 36.8 Å². The number of nitrogens with zero attached hydrogens (tertiary/aromatic N) is 1. The molecule has 1 aliphatic carbocycles. The first kappa shape index (κ1) is 16.9. The molecule has 1 N–H and O–H groups in total. The van der Waals surface area contributed by atoms with Gasteiger partial charge in [0.1, 0.15) is 0 Å². The van der Waals surface area contributed by atoms with Crippen LogP contribution in [-0.2, 0) is 10.2 Å². The number of carbonyl (C=O) groups excluding carboxylic acids is 1. The van der Waals surface area contributed by atoms with Crippen molar-refractivity contribution in [3.05, 3.63) is 81.9 Å². The van der Waals surface area contributed by atoms with Gasteiger partial charge in [0, 0.05) is 30.2 Å². The van der Waals surface area contributed by atoms with Gasteiger partial charge >= 0.3 is 0 Å². The molecule has 0 saturated heterocycles. The molecule has 0 atom stereocenters. The molecule has 0 unspecified atom stereocenters. The molecule has 0 aromatic heterocycles. The molecule has 1 fully saturated rings. The Morgan fingerprint density at radius 2 is 1.80 bits per heavy atom. The number of hydrogen-bond donors (Lipinski definition) is 1. The Balaban J connectivity index is 1.58. The fraction of sp³-hybridized carbons (Fsp3) is 0.250. The van der Waals surface area contributed by atoms with E-state index in [0.29, 0.717) is 6.54 Å². The van der Waals surface area contributed by atoms with Crippen molar-refractivity contribution in [2.24, 2.45) is 0 Å². The quantitative estimate of drug-likeness (QED) is 0.495. The van der Waals surface area contributed by atoms with E-state index in [4.69, 9.17) is 0 Å². The largest absolute Gasteiger partial charge is 0.352 e. The minimum atomic E-state index is -0.443. The Morgan fingerprint density at radius 1 is 1.12 bits per heavy atom. The van der Waals surface area contributed by atoms with Crippen LogP contribution in [0.2, 0.25) is 0 Å². The van der Waals surface area contributed by atoms with Gasteiger partial charge in [-0.3, -0.25) is 14.9 Å². The monoisotopic (exact) mass is 336 g/mol. The number of benzene rings is 2. The van der Waals surface area contributed by atoms with Gasteiger partial charge in [0.2, 0.25) is 5.91 Å². The molecule has 1 aliphatic rings. The Bertz CT molecular complexity index is 778. The predicted molar refractivity (Wildman–Crippen MR) is 97.1 cm³/mol. The van der Waals surface area contributed by atoms with Crippen molar-refractivity contribution >= 4 is 17.7 Å². The third-order valence-electron chi connectivity index (χ3n) is 4.83. The lowest BCUT2D eigenvalue weighted by Crippen LogP contribution is -2.45. The van der Waals surface area contributed by atoms with Crippen LogP contribution >= 0.6 is 0 Å². The normalized spacial score (nSPS) is 15.5. The molecule has 1 saturated carbocycles. The molecule has 0 aliphatic heterocycles. The molecule has 5 nitrogen and oxygen atoms in total. The highest BCUT2D eigenvalue weighted by atomic mass is 16.6. The van der Waals surface area contributed by atoms with E-state index in [1.54, 1.807) is 18.2 Å². The van der Waals surface area contributed by atoms with Gasteiger partial charge in [0.15, 0.2) is 0 Å². The standard InChI is InChI=1S/C20H20N2O3/c23-19(12-9-16-7-10-18(11-8-16)22(24)25)21-15-20(13-4-14-20)17-5-2-1-3-6-17/h1-3,5-12H,4,13-15H2,(H,21,23)/b12-9+. The van der Waals surface area contributed by atoms with Crippen LogP contribution in [-0.4, -0.2) is 17.4 Å². The lowest BCUT2D eigenvalue weighted by molar-refractivity contribution is -0.384. The number of rotatable bonds is 6. The highest BCUT2D eigenvalue weighted by Crippen LogP contribution is 2.43. The molecule has 128 valence electrons. The van der Waals surface area contributed by atoms with Crippen molar-refractivity contribution in [3.8, 4) is 0 Å². The summed E-state index contributed by atoms with van der Waals surface area (Å²) in [5, 5.41) is 13.6. The number of nitro benzene ring substituents is 1. The summed E-state index contributed by atoms with van der Waals surface area (Å²) in [5.41, 5.74) is 2.12. The molecule has 3 rings (SSSR count). The van der Waals surface area contributed by atoms with Gasteiger partial charge in [-0.15, -0.1) is 0 Å². The maximum Gasteiger partial charge on any atom is 0.269 e. The minimum Gasteiger partial charge on any atom is -0.352 e. The second-order valence-electron chi connectivity index (χ2n) is 6.40. The van der Waals surface area contributed by atoms with E-state index in [0.717, 1.165) is 18.4 Å². The predicted octanol–water partition coefficient (Wildman–Crippen LogP) is 3.85. The number of non-ortho nitro benzene ring substituents is 1. The van der Waals surface area contributed by atoms with Crippen molar-refractivity contribution < 1.29 is 9.72 Å². The van der Waals surface area contributed by atoms with Gasteiger partial charge < -0.3 is 5.32 Å². The molecule has 1 amide bonds. The molecule has 2 aromatic carbocycles. The number of amides is 1. The van der Waals surface area contributed by atoms with Crippen LogP contribution in [0, 0.1) is 10.1 Å². The average molecular weight is 336 g/mol. The van der Waals surface area contributed by atoms with E-state index in [-0.39, 0.29) is 17.0 Å². The first-order valence-corrected chi connectivity index (χ1v) is 8.35. The van der Waals surface area contributed by atoms with Crippen LogP contribution in [0.5, 0.6) is 0 Å². The molecule has 25 heavy (non-hydrogen) atoms. The molecule has 0 heterocycles. The fourth-order valence-electron chi connectivity index (χ4n) is 3.16. The molecule has 0 radical (unpaired) electrons. The zero-order chi connectivity index (χ0) is 17.7. The first-order chi connectivity index (χ1) is 12.1. The summed E-state index contributed by atoms with van der Waals surface area (Å²) in [5.74, 6) is -0.152. The zero-order valence-electron chi connectivity index (χ0n) is 13.9. The van der Waals surface area contributed by atoms with Gasteiger partial charge in [0.25, 0.3) is 5.69 Å². The fourth-order valence-corrected chi connectivity index (χ4v) is 3.16. The summed E-state index contributed by atoms with van der Waals surface area (Å²) in [6.45, 7) is 0.625. The smallest absolute Gasteiger partial charge is 0.269 e. The molecule has 5 heteroatoms. The van der Waals surface area contributed by atoms with Crippen molar-refractivity contribution in [1.29, 1.82) is 0 Å². The lowest BCUT2D eigenvalue weighted by Gasteiger charge is -2.42. The van der Waals surface area contributed by atoms with Crippen LogP contribution in [0.1, 0.15) is 30.4 Å². The maximum absolute atomic E-state index is 12.1. The zero-order valence-corrected chi connectivity index (χ0v) is 13.9. The Labute approximate surface area is 146 Å². The summed E-state index contributed by atoms with van der Waals surface area (Å²) in [6.07, 6.45) is 6.49. The van der Waals surface area contributed by atoms with Crippen LogP contribution in [0.3, 0.4) is 0 Å².